The SMILES string of the molecule is CCCCCNS(=O)(=O)c1cnn(CC)c1N. The summed E-state index contributed by atoms with van der Waals surface area (Å²) in [6.45, 7) is 4.91. The Bertz CT molecular complexity index is 453. The van der Waals surface area contributed by atoms with Crippen LogP contribution in [0, 0.1) is 0 Å². The number of nitrogens with one attached hydrogen (secondary N) is 1. The van der Waals surface area contributed by atoms with Crippen molar-refractivity contribution in [3.63, 3.8) is 0 Å². The predicted octanol–water partition coefficient (Wildman–Crippen LogP) is 0.954. The first kappa shape index (κ1) is 14.0. The summed E-state index contributed by atoms with van der Waals surface area (Å²) in [4.78, 5) is 0.0656. The van der Waals surface area contributed by atoms with E-state index in [-0.39, 0.29) is 10.7 Å². The number of rotatable bonds is 7. The first-order chi connectivity index (χ1) is 8.03. The zero-order chi connectivity index (χ0) is 12.9. The van der Waals surface area contributed by atoms with Crippen LogP contribution in [0.3, 0.4) is 0 Å². The molecule has 3 N–H and O–H groups in total. The maximum atomic E-state index is 11.9. The fourth-order valence-electron chi connectivity index (χ4n) is 1.50. The molecule has 0 fully saturated rings. The summed E-state index contributed by atoms with van der Waals surface area (Å²) in [6.07, 6.45) is 4.18. The van der Waals surface area contributed by atoms with Crippen molar-refractivity contribution < 1.29 is 8.42 Å². The van der Waals surface area contributed by atoms with Crippen LogP contribution in [0.15, 0.2) is 11.1 Å². The molecular formula is C10H20N4O2S. The second kappa shape index (κ2) is 6.02. The molecule has 0 radical (unpaired) electrons. The number of sulfonamides is 1. The summed E-state index contributed by atoms with van der Waals surface area (Å²) < 4.78 is 27.8. The van der Waals surface area contributed by atoms with Crippen LogP contribution >= 0.6 is 0 Å². The summed E-state index contributed by atoms with van der Waals surface area (Å²) in [6, 6.07) is 0. The van der Waals surface area contributed by atoms with Crippen molar-refractivity contribution in [3.8, 4) is 0 Å². The number of hydrogen-bond acceptors (Lipinski definition) is 4. The van der Waals surface area contributed by atoms with Gasteiger partial charge < -0.3 is 5.73 Å². The lowest BCUT2D eigenvalue weighted by Crippen LogP contribution is -2.25. The van der Waals surface area contributed by atoms with E-state index in [1.165, 1.54) is 10.9 Å². The van der Waals surface area contributed by atoms with Crippen LogP contribution in [0.4, 0.5) is 5.82 Å². The van der Waals surface area contributed by atoms with Gasteiger partial charge >= 0.3 is 0 Å². The van der Waals surface area contributed by atoms with Gasteiger partial charge in [-0.15, -0.1) is 0 Å². The monoisotopic (exact) mass is 260 g/mol. The van der Waals surface area contributed by atoms with Gasteiger partial charge in [0.1, 0.15) is 10.7 Å². The van der Waals surface area contributed by atoms with Crippen molar-refractivity contribution >= 4 is 15.8 Å². The van der Waals surface area contributed by atoms with Crippen LogP contribution in [-0.2, 0) is 16.6 Å². The smallest absolute Gasteiger partial charge is 0.245 e. The molecule has 0 unspecified atom stereocenters. The lowest BCUT2D eigenvalue weighted by Gasteiger charge is -2.06. The molecule has 1 aromatic heterocycles. The third kappa shape index (κ3) is 3.44. The molecule has 0 amide bonds. The van der Waals surface area contributed by atoms with E-state index >= 15 is 0 Å². The zero-order valence-electron chi connectivity index (χ0n) is 10.3. The number of nitrogens with two attached hydrogens (primary N) is 1. The van der Waals surface area contributed by atoms with Gasteiger partial charge in [0, 0.05) is 13.1 Å². The lowest BCUT2D eigenvalue weighted by molar-refractivity contribution is 0.576. The Morgan fingerprint density at radius 2 is 2.12 bits per heavy atom. The minimum atomic E-state index is -3.52. The zero-order valence-corrected chi connectivity index (χ0v) is 11.1. The van der Waals surface area contributed by atoms with Gasteiger partial charge in [-0.3, -0.25) is 0 Å². The Labute approximate surface area is 102 Å². The van der Waals surface area contributed by atoms with Gasteiger partial charge in [-0.25, -0.2) is 17.8 Å². The van der Waals surface area contributed by atoms with Gasteiger partial charge in [-0.05, 0) is 13.3 Å². The molecule has 0 aliphatic heterocycles. The Morgan fingerprint density at radius 1 is 1.41 bits per heavy atom. The Hall–Kier alpha value is -1.08. The van der Waals surface area contributed by atoms with E-state index < -0.39 is 10.0 Å². The van der Waals surface area contributed by atoms with Crippen LogP contribution in [-0.4, -0.2) is 24.7 Å². The molecule has 0 saturated carbocycles. The van der Waals surface area contributed by atoms with Crippen molar-refractivity contribution in [1.29, 1.82) is 0 Å². The van der Waals surface area contributed by atoms with Crippen molar-refractivity contribution in [2.24, 2.45) is 0 Å². The van der Waals surface area contributed by atoms with Crippen LogP contribution in [0.1, 0.15) is 33.1 Å². The number of nitrogen functional groups attached to an aromatic ring is 1. The summed E-state index contributed by atoms with van der Waals surface area (Å²) in [7, 11) is -3.52. The fraction of sp³-hybridized carbons (Fsp3) is 0.700. The largest absolute Gasteiger partial charge is 0.383 e. The third-order valence-corrected chi connectivity index (χ3v) is 3.98. The summed E-state index contributed by atoms with van der Waals surface area (Å²) >= 11 is 0. The average Bonchev–Trinajstić information content (AvgIpc) is 2.66. The van der Waals surface area contributed by atoms with E-state index in [1.807, 2.05) is 6.92 Å². The minimum Gasteiger partial charge on any atom is -0.383 e. The van der Waals surface area contributed by atoms with Crippen molar-refractivity contribution in [1.82, 2.24) is 14.5 Å². The number of anilines is 1. The maximum Gasteiger partial charge on any atom is 0.245 e. The number of nitrogens with zero attached hydrogens (tertiary/aromatic N) is 2. The highest BCUT2D eigenvalue weighted by atomic mass is 32.2. The maximum absolute atomic E-state index is 11.9. The molecule has 1 heterocycles. The molecular weight excluding hydrogens is 240 g/mol. The molecule has 0 aliphatic rings. The van der Waals surface area contributed by atoms with Crippen LogP contribution < -0.4 is 10.5 Å². The number of hydrogen-bond donors (Lipinski definition) is 2. The normalized spacial score (nSPS) is 11.9. The highest BCUT2D eigenvalue weighted by molar-refractivity contribution is 7.89. The molecule has 7 heteroatoms. The molecule has 1 rings (SSSR count). The molecule has 0 saturated heterocycles. The van der Waals surface area contributed by atoms with Gasteiger partial charge in [-0.2, -0.15) is 5.10 Å². The summed E-state index contributed by atoms with van der Waals surface area (Å²) in [5, 5.41) is 3.92. The first-order valence-corrected chi connectivity index (χ1v) is 7.32. The van der Waals surface area contributed by atoms with Gasteiger partial charge in [0.2, 0.25) is 10.0 Å². The molecule has 0 aliphatic carbocycles. The first-order valence-electron chi connectivity index (χ1n) is 5.83. The summed E-state index contributed by atoms with van der Waals surface area (Å²) in [5.74, 6) is 0.190. The fourth-order valence-corrected chi connectivity index (χ4v) is 2.63. The molecule has 0 aromatic carbocycles. The highest BCUT2D eigenvalue weighted by Gasteiger charge is 2.20. The van der Waals surface area contributed by atoms with E-state index in [0.29, 0.717) is 13.1 Å². The van der Waals surface area contributed by atoms with Crippen LogP contribution in [0.5, 0.6) is 0 Å². The Balaban J connectivity index is 2.72. The molecule has 0 spiro atoms. The number of aryl methyl sites for hydroxylation is 1. The highest BCUT2D eigenvalue weighted by Crippen LogP contribution is 2.16. The van der Waals surface area contributed by atoms with Crippen LogP contribution in [0.2, 0.25) is 0 Å². The molecule has 17 heavy (non-hydrogen) atoms. The number of aromatic nitrogens is 2. The van der Waals surface area contributed by atoms with E-state index in [2.05, 4.69) is 16.7 Å². The molecule has 6 nitrogen and oxygen atoms in total. The average molecular weight is 260 g/mol. The van der Waals surface area contributed by atoms with E-state index in [9.17, 15) is 8.42 Å². The Kier molecular flexibility index (Phi) is 4.95. The van der Waals surface area contributed by atoms with E-state index in [0.717, 1.165) is 19.3 Å². The van der Waals surface area contributed by atoms with Gasteiger partial charge in [0.25, 0.3) is 0 Å². The van der Waals surface area contributed by atoms with E-state index in [4.69, 9.17) is 5.73 Å². The van der Waals surface area contributed by atoms with Gasteiger partial charge in [0.15, 0.2) is 0 Å². The van der Waals surface area contributed by atoms with Crippen molar-refractivity contribution in [3.05, 3.63) is 6.20 Å². The van der Waals surface area contributed by atoms with Crippen LogP contribution in [0.25, 0.3) is 0 Å². The molecule has 0 bridgehead atoms. The second-order valence-electron chi connectivity index (χ2n) is 3.81. The third-order valence-electron chi connectivity index (χ3n) is 2.51. The molecule has 0 atom stereocenters. The summed E-state index contributed by atoms with van der Waals surface area (Å²) in [5.41, 5.74) is 5.71. The quantitative estimate of drug-likeness (QED) is 0.714. The lowest BCUT2D eigenvalue weighted by atomic mass is 10.3. The molecule has 98 valence electrons. The van der Waals surface area contributed by atoms with Gasteiger partial charge in [0.05, 0.1) is 6.20 Å². The van der Waals surface area contributed by atoms with E-state index in [1.54, 1.807) is 0 Å². The number of unbranched alkanes of at least 4 members (excludes halogenated alkanes) is 2. The predicted molar refractivity (Wildman–Crippen MR) is 67.0 cm³/mol. The Morgan fingerprint density at radius 3 is 2.65 bits per heavy atom. The second-order valence-corrected chi connectivity index (χ2v) is 5.55. The standard InChI is InChI=1S/C10H20N4O2S/c1-3-5-6-7-13-17(15,16)9-8-12-14(4-2)10(9)11/h8,13H,3-7,11H2,1-2H3. The topological polar surface area (TPSA) is 90.0 Å². The molecule has 1 aromatic rings. The van der Waals surface area contributed by atoms with Crippen molar-refractivity contribution in [2.45, 2.75) is 44.6 Å². The van der Waals surface area contributed by atoms with Gasteiger partial charge in [-0.1, -0.05) is 19.8 Å². The van der Waals surface area contributed by atoms with Crippen molar-refractivity contribution in [2.75, 3.05) is 12.3 Å². The minimum absolute atomic E-state index is 0.0656.